The number of hydrogen-bond donors (Lipinski definition) is 1. The second kappa shape index (κ2) is 3.87. The number of ketones is 1. The molecule has 1 aromatic heterocycles. The molecule has 2 aromatic rings. The molecule has 76 valence electrons. The summed E-state index contributed by atoms with van der Waals surface area (Å²) in [6, 6.07) is 9.24. The Balaban J connectivity index is 2.36. The van der Waals surface area contributed by atoms with Crippen molar-refractivity contribution in [2.24, 2.45) is 0 Å². The summed E-state index contributed by atoms with van der Waals surface area (Å²) < 4.78 is 0. The minimum absolute atomic E-state index is 0.269. The van der Waals surface area contributed by atoms with Crippen LogP contribution in [0.25, 0.3) is 10.9 Å². The Labute approximate surface area is 91.0 Å². The molecule has 0 aliphatic rings. The van der Waals surface area contributed by atoms with Crippen LogP contribution in [0.4, 0.5) is 0 Å². The number of halogens is 1. The minimum atomic E-state index is -0.640. The fraction of sp³-hybridized carbons (Fsp3) is 0.0909. The minimum Gasteiger partial charge on any atom is -0.352 e. The van der Waals surface area contributed by atoms with Crippen molar-refractivity contribution in [3.63, 3.8) is 0 Å². The summed E-state index contributed by atoms with van der Waals surface area (Å²) >= 11 is 5.15. The molecule has 0 fully saturated rings. The quantitative estimate of drug-likeness (QED) is 0.492. The van der Waals surface area contributed by atoms with Crippen LogP contribution in [0.3, 0.4) is 0 Å². The topological polar surface area (TPSA) is 49.9 Å². The van der Waals surface area contributed by atoms with Crippen molar-refractivity contribution in [3.05, 3.63) is 36.0 Å². The van der Waals surface area contributed by atoms with E-state index in [0.717, 1.165) is 10.9 Å². The van der Waals surface area contributed by atoms with Gasteiger partial charge in [0.15, 0.2) is 5.78 Å². The number of rotatable bonds is 3. The van der Waals surface area contributed by atoms with E-state index in [1.165, 1.54) is 0 Å². The molecule has 1 heterocycles. The van der Waals surface area contributed by atoms with E-state index in [9.17, 15) is 9.59 Å². The largest absolute Gasteiger partial charge is 0.352 e. The predicted molar refractivity (Wildman–Crippen MR) is 58.1 cm³/mol. The zero-order valence-electron chi connectivity index (χ0n) is 7.79. The average Bonchev–Trinajstić information content (AvgIpc) is 2.59. The number of nitrogens with one attached hydrogen (secondary N) is 1. The van der Waals surface area contributed by atoms with Crippen molar-refractivity contribution in [1.82, 2.24) is 4.98 Å². The van der Waals surface area contributed by atoms with E-state index < -0.39 is 5.24 Å². The van der Waals surface area contributed by atoms with Crippen LogP contribution in [0.15, 0.2) is 30.3 Å². The van der Waals surface area contributed by atoms with Crippen LogP contribution in [0.2, 0.25) is 0 Å². The van der Waals surface area contributed by atoms with E-state index in [1.54, 1.807) is 6.07 Å². The SMILES string of the molecule is O=C(Cl)CC(=O)c1cc2ccccc2[nH]1. The van der Waals surface area contributed by atoms with Gasteiger partial charge in [0.05, 0.1) is 12.1 Å². The second-order valence-corrected chi connectivity index (χ2v) is 3.65. The summed E-state index contributed by atoms with van der Waals surface area (Å²) in [6.45, 7) is 0. The highest BCUT2D eigenvalue weighted by Gasteiger charge is 2.12. The molecule has 0 atom stereocenters. The Morgan fingerprint density at radius 3 is 2.67 bits per heavy atom. The van der Waals surface area contributed by atoms with Gasteiger partial charge in [-0.05, 0) is 23.7 Å². The molecule has 0 radical (unpaired) electrons. The van der Waals surface area contributed by atoms with Crippen LogP contribution in [0, 0.1) is 0 Å². The molecule has 2 rings (SSSR count). The molecule has 0 saturated heterocycles. The molecule has 0 spiro atoms. The first-order chi connectivity index (χ1) is 7.16. The molecule has 4 heteroatoms. The van der Waals surface area contributed by atoms with Crippen molar-refractivity contribution in [2.75, 3.05) is 0 Å². The number of para-hydroxylation sites is 1. The van der Waals surface area contributed by atoms with E-state index in [-0.39, 0.29) is 12.2 Å². The number of benzene rings is 1. The summed E-state index contributed by atoms with van der Waals surface area (Å²) in [4.78, 5) is 25.0. The van der Waals surface area contributed by atoms with Crippen LogP contribution in [0.5, 0.6) is 0 Å². The molecule has 0 amide bonds. The number of hydrogen-bond acceptors (Lipinski definition) is 2. The Bertz CT molecular complexity index is 497. The fourth-order valence-electron chi connectivity index (χ4n) is 1.45. The molecule has 15 heavy (non-hydrogen) atoms. The summed E-state index contributed by atoms with van der Waals surface area (Å²) in [5.74, 6) is -0.286. The van der Waals surface area contributed by atoms with E-state index in [1.807, 2.05) is 24.3 Å². The molecular formula is C11H8ClNO2. The van der Waals surface area contributed by atoms with Crippen molar-refractivity contribution in [3.8, 4) is 0 Å². The maximum Gasteiger partial charge on any atom is 0.229 e. The van der Waals surface area contributed by atoms with Gasteiger partial charge in [0.2, 0.25) is 5.24 Å². The first-order valence-electron chi connectivity index (χ1n) is 4.46. The molecule has 0 bridgehead atoms. The van der Waals surface area contributed by atoms with Gasteiger partial charge in [-0.3, -0.25) is 9.59 Å². The number of carbonyl (C=O) groups is 2. The Hall–Kier alpha value is -1.61. The zero-order valence-corrected chi connectivity index (χ0v) is 8.54. The number of H-pyrrole nitrogens is 1. The van der Waals surface area contributed by atoms with Crippen LogP contribution in [-0.2, 0) is 4.79 Å². The molecule has 1 aromatic carbocycles. The molecule has 0 unspecified atom stereocenters. The monoisotopic (exact) mass is 221 g/mol. The molecule has 0 aliphatic heterocycles. The Morgan fingerprint density at radius 1 is 1.27 bits per heavy atom. The lowest BCUT2D eigenvalue weighted by atomic mass is 10.2. The normalized spacial score (nSPS) is 10.5. The third kappa shape index (κ3) is 2.07. The Kier molecular flexibility index (Phi) is 2.56. The number of carbonyl (C=O) groups excluding carboxylic acids is 2. The standard InChI is InChI=1S/C11H8ClNO2/c12-11(15)6-10(14)9-5-7-3-1-2-4-8(7)13-9/h1-5,13H,6H2. The fourth-order valence-corrected chi connectivity index (χ4v) is 1.57. The van der Waals surface area contributed by atoms with Crippen LogP contribution in [-0.4, -0.2) is 16.0 Å². The van der Waals surface area contributed by atoms with Crippen LogP contribution >= 0.6 is 11.6 Å². The van der Waals surface area contributed by atoms with Gasteiger partial charge in [-0.1, -0.05) is 18.2 Å². The molecule has 1 N–H and O–H groups in total. The van der Waals surface area contributed by atoms with Gasteiger partial charge in [-0.15, -0.1) is 0 Å². The van der Waals surface area contributed by atoms with Gasteiger partial charge >= 0.3 is 0 Å². The van der Waals surface area contributed by atoms with Gasteiger partial charge in [0.1, 0.15) is 0 Å². The van der Waals surface area contributed by atoms with Crippen molar-refractivity contribution in [2.45, 2.75) is 6.42 Å². The van der Waals surface area contributed by atoms with Gasteiger partial charge < -0.3 is 4.98 Å². The van der Waals surface area contributed by atoms with Crippen molar-refractivity contribution >= 4 is 33.5 Å². The van der Waals surface area contributed by atoms with E-state index in [0.29, 0.717) is 5.69 Å². The summed E-state index contributed by atoms with van der Waals surface area (Å²) in [7, 11) is 0. The third-order valence-corrected chi connectivity index (χ3v) is 2.26. The Morgan fingerprint density at radius 2 is 2.00 bits per heavy atom. The van der Waals surface area contributed by atoms with E-state index in [4.69, 9.17) is 11.6 Å². The van der Waals surface area contributed by atoms with Gasteiger partial charge in [0.25, 0.3) is 0 Å². The second-order valence-electron chi connectivity index (χ2n) is 3.23. The van der Waals surface area contributed by atoms with Crippen molar-refractivity contribution in [1.29, 1.82) is 0 Å². The smallest absolute Gasteiger partial charge is 0.229 e. The highest BCUT2D eigenvalue weighted by molar-refractivity contribution is 6.65. The zero-order chi connectivity index (χ0) is 10.8. The molecular weight excluding hydrogens is 214 g/mol. The number of fused-ring (bicyclic) bond motifs is 1. The maximum atomic E-state index is 11.5. The first kappa shape index (κ1) is 9.93. The molecule has 0 aliphatic carbocycles. The van der Waals surface area contributed by atoms with Gasteiger partial charge in [-0.2, -0.15) is 0 Å². The summed E-state index contributed by atoms with van der Waals surface area (Å²) in [5, 5.41) is 0.307. The summed E-state index contributed by atoms with van der Waals surface area (Å²) in [5.41, 5.74) is 1.30. The lowest BCUT2D eigenvalue weighted by molar-refractivity contribution is -0.110. The van der Waals surface area contributed by atoms with E-state index in [2.05, 4.69) is 4.98 Å². The van der Waals surface area contributed by atoms with E-state index >= 15 is 0 Å². The predicted octanol–water partition coefficient (Wildman–Crippen LogP) is 2.51. The van der Waals surface area contributed by atoms with Crippen LogP contribution in [0.1, 0.15) is 16.9 Å². The number of aromatic amines is 1. The average molecular weight is 222 g/mol. The van der Waals surface area contributed by atoms with Gasteiger partial charge in [-0.25, -0.2) is 0 Å². The lowest BCUT2D eigenvalue weighted by Crippen LogP contribution is -2.03. The lowest BCUT2D eigenvalue weighted by Gasteiger charge is -1.91. The number of aromatic nitrogens is 1. The van der Waals surface area contributed by atoms with Crippen molar-refractivity contribution < 1.29 is 9.59 Å². The number of Topliss-reactive ketones (excluding diaryl/α,β-unsaturated/α-hetero) is 1. The molecule has 0 saturated carbocycles. The first-order valence-corrected chi connectivity index (χ1v) is 4.84. The molecule has 3 nitrogen and oxygen atoms in total. The highest BCUT2D eigenvalue weighted by atomic mass is 35.5. The maximum absolute atomic E-state index is 11.5. The highest BCUT2D eigenvalue weighted by Crippen LogP contribution is 2.15. The summed E-state index contributed by atoms with van der Waals surface area (Å²) in [6.07, 6.45) is -0.269. The third-order valence-electron chi connectivity index (χ3n) is 2.13. The van der Waals surface area contributed by atoms with Gasteiger partial charge in [0, 0.05) is 10.9 Å². The van der Waals surface area contributed by atoms with Crippen LogP contribution < -0.4 is 0 Å².